The van der Waals surface area contributed by atoms with E-state index >= 15 is 0 Å². The van der Waals surface area contributed by atoms with Crippen LogP contribution in [0.1, 0.15) is 41.9 Å². The topological polar surface area (TPSA) is 94.2 Å². The van der Waals surface area contributed by atoms with Gasteiger partial charge in [0.1, 0.15) is 11.6 Å². The zero-order chi connectivity index (χ0) is 16.4. The van der Waals surface area contributed by atoms with Gasteiger partial charge in [-0.05, 0) is 18.9 Å². The molecule has 3 rings (SSSR count). The number of amides is 1. The molecule has 8 heteroatoms. The van der Waals surface area contributed by atoms with Crippen molar-refractivity contribution in [2.45, 2.75) is 32.2 Å². The van der Waals surface area contributed by atoms with Gasteiger partial charge in [0, 0.05) is 12.5 Å². The normalized spacial score (nSPS) is 19.8. The molecule has 1 aliphatic rings. The molecular weight excluding hydrogens is 318 g/mol. The molecule has 1 amide bonds. The van der Waals surface area contributed by atoms with Crippen LogP contribution in [0.2, 0.25) is 0 Å². The predicted octanol–water partition coefficient (Wildman–Crippen LogP) is 2.04. The Morgan fingerprint density at radius 1 is 1.48 bits per heavy atom. The van der Waals surface area contributed by atoms with Crippen molar-refractivity contribution in [2.24, 2.45) is 0 Å². The SMILES string of the molecule is CCCc1occc1C(=O)Nc1ccnn1[C@@H]1CCS(=O)(=O)C1. The number of furan rings is 1. The first-order valence-electron chi connectivity index (χ1n) is 7.62. The Labute approximate surface area is 134 Å². The van der Waals surface area contributed by atoms with Gasteiger partial charge in [-0.3, -0.25) is 4.79 Å². The third-order valence-electron chi connectivity index (χ3n) is 3.93. The maximum absolute atomic E-state index is 12.4. The quantitative estimate of drug-likeness (QED) is 0.901. The number of aryl methyl sites for hydroxylation is 1. The van der Waals surface area contributed by atoms with Crippen molar-refractivity contribution in [2.75, 3.05) is 16.8 Å². The lowest BCUT2D eigenvalue weighted by Crippen LogP contribution is -2.20. The molecule has 0 bridgehead atoms. The highest BCUT2D eigenvalue weighted by molar-refractivity contribution is 7.91. The van der Waals surface area contributed by atoms with Crippen LogP contribution in [0.3, 0.4) is 0 Å². The lowest BCUT2D eigenvalue weighted by atomic mass is 10.1. The molecule has 0 spiro atoms. The summed E-state index contributed by atoms with van der Waals surface area (Å²) in [5, 5.41) is 6.97. The molecule has 124 valence electrons. The molecule has 0 aromatic carbocycles. The van der Waals surface area contributed by atoms with Crippen LogP contribution in [0, 0.1) is 0 Å². The van der Waals surface area contributed by atoms with Gasteiger partial charge < -0.3 is 9.73 Å². The summed E-state index contributed by atoms with van der Waals surface area (Å²) >= 11 is 0. The highest BCUT2D eigenvalue weighted by Crippen LogP contribution is 2.26. The van der Waals surface area contributed by atoms with Gasteiger partial charge in [-0.1, -0.05) is 6.92 Å². The number of hydrogen-bond acceptors (Lipinski definition) is 5. The summed E-state index contributed by atoms with van der Waals surface area (Å²) in [7, 11) is -3.01. The molecule has 7 nitrogen and oxygen atoms in total. The van der Waals surface area contributed by atoms with E-state index in [1.165, 1.54) is 6.26 Å². The highest BCUT2D eigenvalue weighted by atomic mass is 32.2. The monoisotopic (exact) mass is 337 g/mol. The molecular formula is C15H19N3O4S. The lowest BCUT2D eigenvalue weighted by molar-refractivity contribution is 0.102. The van der Waals surface area contributed by atoms with E-state index in [0.717, 1.165) is 6.42 Å². The average Bonchev–Trinajstić information content (AvgIpc) is 3.19. The van der Waals surface area contributed by atoms with E-state index in [4.69, 9.17) is 4.42 Å². The van der Waals surface area contributed by atoms with Crippen molar-refractivity contribution in [1.82, 2.24) is 9.78 Å². The predicted molar refractivity (Wildman–Crippen MR) is 85.2 cm³/mol. The summed E-state index contributed by atoms with van der Waals surface area (Å²) in [5.74, 6) is 1.10. The Kier molecular flexibility index (Phi) is 4.25. The van der Waals surface area contributed by atoms with Gasteiger partial charge in [0.05, 0.1) is 35.6 Å². The fourth-order valence-electron chi connectivity index (χ4n) is 2.82. The molecule has 2 aromatic rings. The van der Waals surface area contributed by atoms with E-state index in [1.54, 1.807) is 23.0 Å². The largest absolute Gasteiger partial charge is 0.469 e. The fourth-order valence-corrected chi connectivity index (χ4v) is 4.51. The summed E-state index contributed by atoms with van der Waals surface area (Å²) in [6.07, 6.45) is 5.14. The van der Waals surface area contributed by atoms with Gasteiger partial charge in [-0.25, -0.2) is 13.1 Å². The smallest absolute Gasteiger partial charge is 0.260 e. The first-order valence-corrected chi connectivity index (χ1v) is 9.44. The highest BCUT2D eigenvalue weighted by Gasteiger charge is 2.31. The molecule has 23 heavy (non-hydrogen) atoms. The third-order valence-corrected chi connectivity index (χ3v) is 5.68. The zero-order valence-corrected chi connectivity index (χ0v) is 13.7. The second-order valence-corrected chi connectivity index (χ2v) is 7.91. The lowest BCUT2D eigenvalue weighted by Gasteiger charge is -2.13. The maximum atomic E-state index is 12.4. The van der Waals surface area contributed by atoms with Crippen LogP contribution in [-0.4, -0.2) is 35.6 Å². The Bertz CT molecular complexity index is 806. The van der Waals surface area contributed by atoms with Crippen molar-refractivity contribution < 1.29 is 17.6 Å². The number of anilines is 1. The minimum absolute atomic E-state index is 0.0599. The summed E-state index contributed by atoms with van der Waals surface area (Å²) in [5.41, 5.74) is 0.499. The van der Waals surface area contributed by atoms with Crippen LogP contribution >= 0.6 is 0 Å². The molecule has 0 radical (unpaired) electrons. The van der Waals surface area contributed by atoms with Gasteiger partial charge in [-0.15, -0.1) is 0 Å². The van der Waals surface area contributed by atoms with Crippen molar-refractivity contribution in [3.05, 3.63) is 35.9 Å². The van der Waals surface area contributed by atoms with Crippen molar-refractivity contribution >= 4 is 21.6 Å². The zero-order valence-electron chi connectivity index (χ0n) is 12.9. The number of aromatic nitrogens is 2. The van der Waals surface area contributed by atoms with Crippen molar-refractivity contribution in [1.29, 1.82) is 0 Å². The fraction of sp³-hybridized carbons (Fsp3) is 0.467. The molecule has 0 unspecified atom stereocenters. The summed E-state index contributed by atoms with van der Waals surface area (Å²) in [6.45, 7) is 2.01. The van der Waals surface area contributed by atoms with Gasteiger partial charge in [-0.2, -0.15) is 5.10 Å². The average molecular weight is 337 g/mol. The summed E-state index contributed by atoms with van der Waals surface area (Å²) in [4.78, 5) is 12.4. The van der Waals surface area contributed by atoms with Gasteiger partial charge >= 0.3 is 0 Å². The van der Waals surface area contributed by atoms with Crippen LogP contribution in [0.4, 0.5) is 5.82 Å². The minimum Gasteiger partial charge on any atom is -0.469 e. The van der Waals surface area contributed by atoms with Gasteiger partial charge in [0.15, 0.2) is 9.84 Å². The maximum Gasteiger partial charge on any atom is 0.260 e. The van der Waals surface area contributed by atoms with E-state index in [2.05, 4.69) is 10.4 Å². The second-order valence-electron chi connectivity index (χ2n) is 5.68. The molecule has 0 saturated carbocycles. The van der Waals surface area contributed by atoms with Gasteiger partial charge in [0.25, 0.3) is 5.91 Å². The van der Waals surface area contributed by atoms with E-state index in [0.29, 0.717) is 30.0 Å². The molecule has 1 N–H and O–H groups in total. The van der Waals surface area contributed by atoms with Crippen molar-refractivity contribution in [3.8, 4) is 0 Å². The standard InChI is InChI=1S/C15H19N3O4S/c1-2-3-13-12(5-8-22-13)15(19)17-14-4-7-16-18(14)11-6-9-23(20,21)10-11/h4-5,7-8,11H,2-3,6,9-10H2,1H3,(H,17,19)/t11-/m1/s1. The van der Waals surface area contributed by atoms with Crippen LogP contribution in [0.25, 0.3) is 0 Å². The molecule has 1 saturated heterocycles. The first-order chi connectivity index (χ1) is 11.0. The second kappa shape index (κ2) is 6.19. The van der Waals surface area contributed by atoms with Gasteiger partial charge in [0.2, 0.25) is 0 Å². The summed E-state index contributed by atoms with van der Waals surface area (Å²) in [6, 6.07) is 3.08. The van der Waals surface area contributed by atoms with Crippen LogP contribution in [-0.2, 0) is 16.3 Å². The van der Waals surface area contributed by atoms with E-state index in [1.807, 2.05) is 6.92 Å². The number of hydrogen-bond donors (Lipinski definition) is 1. The first kappa shape index (κ1) is 15.8. The number of nitrogens with zero attached hydrogens (tertiary/aromatic N) is 2. The number of nitrogens with one attached hydrogen (secondary N) is 1. The molecule has 1 fully saturated rings. The van der Waals surface area contributed by atoms with E-state index in [9.17, 15) is 13.2 Å². The Hall–Kier alpha value is -2.09. The van der Waals surface area contributed by atoms with Crippen molar-refractivity contribution in [3.63, 3.8) is 0 Å². The van der Waals surface area contributed by atoms with E-state index < -0.39 is 9.84 Å². The van der Waals surface area contributed by atoms with E-state index in [-0.39, 0.29) is 23.5 Å². The number of carbonyl (C=O) groups excluding carboxylic acids is 1. The third kappa shape index (κ3) is 3.31. The molecule has 1 aliphatic heterocycles. The van der Waals surface area contributed by atoms with Crippen LogP contribution in [0.5, 0.6) is 0 Å². The molecule has 2 aromatic heterocycles. The van der Waals surface area contributed by atoms with Crippen LogP contribution in [0.15, 0.2) is 29.0 Å². The Balaban J connectivity index is 1.78. The Morgan fingerprint density at radius 2 is 2.30 bits per heavy atom. The molecule has 3 heterocycles. The Morgan fingerprint density at radius 3 is 3.00 bits per heavy atom. The molecule has 1 atom stereocenters. The minimum atomic E-state index is -3.01. The number of rotatable bonds is 5. The number of carbonyl (C=O) groups is 1. The van der Waals surface area contributed by atoms with Crippen LogP contribution < -0.4 is 5.32 Å². The summed E-state index contributed by atoms with van der Waals surface area (Å²) < 4.78 is 30.2. The molecule has 0 aliphatic carbocycles. The number of sulfone groups is 1.